The van der Waals surface area contributed by atoms with Crippen molar-refractivity contribution in [1.29, 1.82) is 0 Å². The van der Waals surface area contributed by atoms with E-state index >= 15 is 0 Å². The molecule has 1 aliphatic heterocycles. The summed E-state index contributed by atoms with van der Waals surface area (Å²) in [5.74, 6) is 0.613. The minimum Gasteiger partial charge on any atom is -0.494 e. The van der Waals surface area contributed by atoms with E-state index < -0.39 is 0 Å². The molecule has 3 nitrogen and oxygen atoms in total. The van der Waals surface area contributed by atoms with Crippen molar-refractivity contribution in [3.8, 4) is 16.9 Å². The number of carbonyl (C=O) groups excluding carboxylic acids is 1. The molecule has 3 aromatic rings. The van der Waals surface area contributed by atoms with Gasteiger partial charge in [-0.15, -0.1) is 11.3 Å². The standard InChI is InChI=1S/C23H22FNO2S/c1-2-3-12-27-18-10-6-15(7-11-18)19-13-21(26)25-22-20(14-28-23(19)22)16-4-8-17(24)9-5-16/h4-11,14,19H,2-3,12-13H2,1H3,(H,25,26)/t19-/m0/s1. The average Bonchev–Trinajstić information content (AvgIpc) is 3.12. The molecular weight excluding hydrogens is 373 g/mol. The Kier molecular flexibility index (Phi) is 5.44. The number of fused-ring (bicyclic) bond motifs is 1. The Morgan fingerprint density at radius 3 is 2.61 bits per heavy atom. The minimum atomic E-state index is -0.268. The smallest absolute Gasteiger partial charge is 0.225 e. The Hall–Kier alpha value is -2.66. The SMILES string of the molecule is CCCCOc1ccc([C@@H]2CC(=O)Nc3c(-c4ccc(F)cc4)csc32)cc1. The summed E-state index contributed by atoms with van der Waals surface area (Å²) in [6, 6.07) is 14.4. The van der Waals surface area contributed by atoms with E-state index in [0.29, 0.717) is 6.42 Å². The van der Waals surface area contributed by atoms with Crippen LogP contribution in [-0.2, 0) is 4.79 Å². The van der Waals surface area contributed by atoms with Crippen LogP contribution in [0.25, 0.3) is 11.1 Å². The molecule has 1 amide bonds. The van der Waals surface area contributed by atoms with Crippen molar-refractivity contribution in [3.63, 3.8) is 0 Å². The number of halogens is 1. The number of carbonyl (C=O) groups is 1. The van der Waals surface area contributed by atoms with Crippen molar-refractivity contribution in [2.45, 2.75) is 32.1 Å². The number of thiophene rings is 1. The highest BCUT2D eigenvalue weighted by Gasteiger charge is 2.30. The van der Waals surface area contributed by atoms with Crippen molar-refractivity contribution >= 4 is 22.9 Å². The molecule has 2 heterocycles. The molecule has 1 atom stereocenters. The maximum atomic E-state index is 13.3. The number of nitrogens with one attached hydrogen (secondary N) is 1. The van der Waals surface area contributed by atoms with Gasteiger partial charge in [-0.25, -0.2) is 4.39 Å². The van der Waals surface area contributed by atoms with E-state index in [1.165, 1.54) is 12.1 Å². The van der Waals surface area contributed by atoms with Gasteiger partial charge in [0.2, 0.25) is 5.91 Å². The number of benzene rings is 2. The summed E-state index contributed by atoms with van der Waals surface area (Å²) in [6.07, 6.45) is 2.56. The summed E-state index contributed by atoms with van der Waals surface area (Å²) in [7, 11) is 0. The molecule has 1 aliphatic rings. The lowest BCUT2D eigenvalue weighted by atomic mass is 9.89. The fourth-order valence-corrected chi connectivity index (χ4v) is 4.63. The first-order valence-corrected chi connectivity index (χ1v) is 10.4. The van der Waals surface area contributed by atoms with Crippen LogP contribution in [0.1, 0.15) is 42.5 Å². The van der Waals surface area contributed by atoms with Crippen molar-refractivity contribution in [1.82, 2.24) is 0 Å². The van der Waals surface area contributed by atoms with E-state index in [1.54, 1.807) is 23.5 Å². The predicted octanol–water partition coefficient (Wildman–Crippen LogP) is 6.21. The van der Waals surface area contributed by atoms with Crippen LogP contribution >= 0.6 is 11.3 Å². The number of ether oxygens (including phenoxy) is 1. The maximum Gasteiger partial charge on any atom is 0.225 e. The van der Waals surface area contributed by atoms with Crippen molar-refractivity contribution < 1.29 is 13.9 Å². The van der Waals surface area contributed by atoms with Crippen LogP contribution < -0.4 is 10.1 Å². The van der Waals surface area contributed by atoms with Gasteiger partial charge in [0.15, 0.2) is 0 Å². The summed E-state index contributed by atoms with van der Waals surface area (Å²) in [6.45, 7) is 2.86. The molecule has 1 N–H and O–H groups in total. The second-order valence-electron chi connectivity index (χ2n) is 6.97. The van der Waals surface area contributed by atoms with Gasteiger partial charge in [0, 0.05) is 28.2 Å². The highest BCUT2D eigenvalue weighted by atomic mass is 32.1. The van der Waals surface area contributed by atoms with Gasteiger partial charge in [0.1, 0.15) is 11.6 Å². The molecule has 0 radical (unpaired) electrons. The summed E-state index contributed by atoms with van der Waals surface area (Å²) >= 11 is 1.64. The second-order valence-corrected chi connectivity index (χ2v) is 7.88. The molecule has 1 aromatic heterocycles. The number of rotatable bonds is 6. The molecule has 5 heteroatoms. The van der Waals surface area contributed by atoms with Gasteiger partial charge >= 0.3 is 0 Å². The van der Waals surface area contributed by atoms with Gasteiger partial charge < -0.3 is 10.1 Å². The molecule has 0 spiro atoms. The summed E-state index contributed by atoms with van der Waals surface area (Å²) in [5, 5.41) is 5.06. The van der Waals surface area contributed by atoms with Crippen LogP contribution in [0.3, 0.4) is 0 Å². The van der Waals surface area contributed by atoms with Crippen molar-refractivity contribution in [2.24, 2.45) is 0 Å². The molecule has 0 aliphatic carbocycles. The second kappa shape index (κ2) is 8.15. The fourth-order valence-electron chi connectivity index (χ4n) is 3.47. The topological polar surface area (TPSA) is 38.3 Å². The minimum absolute atomic E-state index is 0.00235. The zero-order chi connectivity index (χ0) is 19.5. The van der Waals surface area contributed by atoms with E-state index in [9.17, 15) is 9.18 Å². The Morgan fingerprint density at radius 1 is 1.14 bits per heavy atom. The van der Waals surface area contributed by atoms with Crippen LogP contribution in [0.5, 0.6) is 5.75 Å². The van der Waals surface area contributed by atoms with Crippen LogP contribution in [-0.4, -0.2) is 12.5 Å². The molecular formula is C23H22FNO2S. The summed E-state index contributed by atoms with van der Waals surface area (Å²) < 4.78 is 19.0. The highest BCUT2D eigenvalue weighted by Crippen LogP contribution is 2.46. The first-order chi connectivity index (χ1) is 13.7. The van der Waals surface area contributed by atoms with Gasteiger partial charge in [-0.1, -0.05) is 37.6 Å². The highest BCUT2D eigenvalue weighted by molar-refractivity contribution is 7.11. The number of amides is 1. The Labute approximate surface area is 168 Å². The average molecular weight is 395 g/mol. The Balaban J connectivity index is 1.62. The monoisotopic (exact) mass is 395 g/mol. The van der Waals surface area contributed by atoms with Crippen LogP contribution in [0.2, 0.25) is 0 Å². The summed E-state index contributed by atoms with van der Waals surface area (Å²) in [5.41, 5.74) is 3.80. The third-order valence-electron chi connectivity index (χ3n) is 4.99. The van der Waals surface area contributed by atoms with Crippen LogP contribution in [0.4, 0.5) is 10.1 Å². The zero-order valence-corrected chi connectivity index (χ0v) is 16.5. The first kappa shape index (κ1) is 18.7. The molecule has 4 rings (SSSR count). The lowest BCUT2D eigenvalue weighted by molar-refractivity contribution is -0.116. The van der Waals surface area contributed by atoms with Crippen molar-refractivity contribution in [3.05, 3.63) is 70.2 Å². The zero-order valence-electron chi connectivity index (χ0n) is 15.7. The third-order valence-corrected chi connectivity index (χ3v) is 6.09. The Morgan fingerprint density at radius 2 is 1.89 bits per heavy atom. The molecule has 0 fully saturated rings. The largest absolute Gasteiger partial charge is 0.494 e. The fraction of sp³-hybridized carbons (Fsp3) is 0.261. The van der Waals surface area contributed by atoms with E-state index in [1.807, 2.05) is 29.6 Å². The molecule has 0 unspecified atom stereocenters. The molecule has 28 heavy (non-hydrogen) atoms. The van der Waals surface area contributed by atoms with Gasteiger partial charge in [-0.05, 0) is 41.8 Å². The molecule has 0 saturated carbocycles. The van der Waals surface area contributed by atoms with Crippen molar-refractivity contribution in [2.75, 3.05) is 11.9 Å². The Bertz CT molecular complexity index is 963. The number of hydrogen-bond donors (Lipinski definition) is 1. The van der Waals surface area contributed by atoms with Gasteiger partial charge in [-0.2, -0.15) is 0 Å². The maximum absolute atomic E-state index is 13.3. The van der Waals surface area contributed by atoms with E-state index in [-0.39, 0.29) is 17.6 Å². The summed E-state index contributed by atoms with van der Waals surface area (Å²) in [4.78, 5) is 13.5. The number of unbranched alkanes of at least 4 members (excludes halogenated alkanes) is 1. The van der Waals surface area contributed by atoms with E-state index in [2.05, 4.69) is 12.2 Å². The lowest BCUT2D eigenvalue weighted by Gasteiger charge is -2.24. The lowest BCUT2D eigenvalue weighted by Crippen LogP contribution is -2.22. The van der Waals surface area contributed by atoms with Crippen LogP contribution in [0.15, 0.2) is 53.9 Å². The van der Waals surface area contributed by atoms with Crippen LogP contribution in [0, 0.1) is 5.82 Å². The van der Waals surface area contributed by atoms with Gasteiger partial charge in [-0.3, -0.25) is 4.79 Å². The quantitative estimate of drug-likeness (QED) is 0.504. The van der Waals surface area contributed by atoms with E-state index in [4.69, 9.17) is 4.74 Å². The molecule has 2 aromatic carbocycles. The molecule has 0 saturated heterocycles. The predicted molar refractivity (Wildman–Crippen MR) is 112 cm³/mol. The molecule has 0 bridgehead atoms. The number of anilines is 1. The molecule has 144 valence electrons. The number of hydrogen-bond acceptors (Lipinski definition) is 3. The van der Waals surface area contributed by atoms with E-state index in [0.717, 1.165) is 52.5 Å². The third kappa shape index (κ3) is 3.80. The first-order valence-electron chi connectivity index (χ1n) is 9.55. The van der Waals surface area contributed by atoms with Gasteiger partial charge in [0.25, 0.3) is 0 Å². The normalized spacial score (nSPS) is 15.8. The van der Waals surface area contributed by atoms with Gasteiger partial charge in [0.05, 0.1) is 12.3 Å².